The fourth-order valence-electron chi connectivity index (χ4n) is 3.79. The molecule has 0 spiro atoms. The Balaban J connectivity index is 1.79. The number of ether oxygens (including phenoxy) is 1. The van der Waals surface area contributed by atoms with Gasteiger partial charge in [0.25, 0.3) is 0 Å². The predicted molar refractivity (Wildman–Crippen MR) is 124 cm³/mol. The minimum absolute atomic E-state index is 0.153. The summed E-state index contributed by atoms with van der Waals surface area (Å²) in [5.74, 6) is -0.797. The summed E-state index contributed by atoms with van der Waals surface area (Å²) in [4.78, 5) is 11.2. The van der Waals surface area contributed by atoms with Gasteiger partial charge in [0, 0.05) is 7.11 Å². The maximum atomic E-state index is 11.2. The van der Waals surface area contributed by atoms with Crippen molar-refractivity contribution in [2.24, 2.45) is 5.41 Å². The van der Waals surface area contributed by atoms with Gasteiger partial charge >= 0.3 is 5.97 Å². The van der Waals surface area contributed by atoms with E-state index in [1.807, 2.05) is 36.5 Å². The van der Waals surface area contributed by atoms with Gasteiger partial charge in [0.15, 0.2) is 0 Å². The summed E-state index contributed by atoms with van der Waals surface area (Å²) >= 11 is 0. The van der Waals surface area contributed by atoms with E-state index in [1.165, 1.54) is 0 Å². The van der Waals surface area contributed by atoms with Crippen LogP contribution in [-0.2, 0) is 9.53 Å². The number of aliphatic carboxylic acids is 1. The van der Waals surface area contributed by atoms with Crippen LogP contribution in [0, 0.1) is 5.41 Å². The summed E-state index contributed by atoms with van der Waals surface area (Å²) in [7, 11) is 1.72. The molecule has 0 radical (unpaired) electrons. The maximum absolute atomic E-state index is 11.2. The lowest BCUT2D eigenvalue weighted by Crippen LogP contribution is -2.23. The standard InChI is InChI=1S/C26H38O5/c1-25(2,24(29)30)16-6-8-18-10-12-20(22(18)27)14-15-21-13-11-19(23(21)28)9-7-17-26(3,4)31-5/h10-15,22-23,27-28H,6-9,16-17H2,1-5H3,(H,29,30)/b15-14-. The van der Waals surface area contributed by atoms with Crippen molar-refractivity contribution in [2.75, 3.05) is 7.11 Å². The Morgan fingerprint density at radius 1 is 0.903 bits per heavy atom. The highest BCUT2D eigenvalue weighted by atomic mass is 16.5. The Morgan fingerprint density at radius 3 is 1.77 bits per heavy atom. The SMILES string of the molecule is COC(C)(C)CCCC1=CC=C(/C=C\C2=CC=C(CCCC(C)(C)C(=O)O)C2O)C1O. The lowest BCUT2D eigenvalue weighted by atomic mass is 9.86. The summed E-state index contributed by atoms with van der Waals surface area (Å²) < 4.78 is 5.45. The van der Waals surface area contributed by atoms with Crippen LogP contribution in [0.15, 0.2) is 58.7 Å². The van der Waals surface area contributed by atoms with Crippen LogP contribution in [-0.4, -0.2) is 46.2 Å². The van der Waals surface area contributed by atoms with Crippen LogP contribution in [0.25, 0.3) is 0 Å². The summed E-state index contributed by atoms with van der Waals surface area (Å²) in [6.45, 7) is 7.58. The van der Waals surface area contributed by atoms with E-state index in [-0.39, 0.29) is 5.60 Å². The highest BCUT2D eigenvalue weighted by Gasteiger charge is 2.27. The number of aliphatic hydroxyl groups is 2. The van der Waals surface area contributed by atoms with Gasteiger partial charge in [0.05, 0.1) is 11.0 Å². The highest BCUT2D eigenvalue weighted by Crippen LogP contribution is 2.31. The van der Waals surface area contributed by atoms with Gasteiger partial charge in [-0.1, -0.05) is 36.5 Å². The fraction of sp³-hybridized carbons (Fsp3) is 0.577. The minimum Gasteiger partial charge on any atom is -0.481 e. The number of carboxylic acids is 1. The molecular formula is C26H38O5. The molecule has 2 aliphatic carbocycles. The second-order valence-corrected chi connectivity index (χ2v) is 9.81. The van der Waals surface area contributed by atoms with Crippen LogP contribution in [0.3, 0.4) is 0 Å². The van der Waals surface area contributed by atoms with E-state index >= 15 is 0 Å². The van der Waals surface area contributed by atoms with E-state index in [0.29, 0.717) is 19.3 Å². The number of rotatable bonds is 12. The van der Waals surface area contributed by atoms with Gasteiger partial charge in [-0.3, -0.25) is 4.79 Å². The van der Waals surface area contributed by atoms with Crippen LogP contribution < -0.4 is 0 Å². The van der Waals surface area contributed by atoms with Gasteiger partial charge in [-0.05, 0) is 88.5 Å². The van der Waals surface area contributed by atoms with Crippen LogP contribution in [0.5, 0.6) is 0 Å². The van der Waals surface area contributed by atoms with Gasteiger partial charge in [-0.15, -0.1) is 0 Å². The molecular weight excluding hydrogens is 392 g/mol. The molecule has 172 valence electrons. The van der Waals surface area contributed by atoms with Crippen LogP contribution in [0.1, 0.15) is 66.2 Å². The van der Waals surface area contributed by atoms with Crippen molar-refractivity contribution in [3.63, 3.8) is 0 Å². The molecule has 2 atom stereocenters. The highest BCUT2D eigenvalue weighted by molar-refractivity contribution is 5.73. The second-order valence-electron chi connectivity index (χ2n) is 9.81. The Kier molecular flexibility index (Phi) is 8.64. The van der Waals surface area contributed by atoms with Gasteiger partial charge in [0.1, 0.15) is 12.2 Å². The normalized spacial score (nSPS) is 21.9. The summed E-state index contributed by atoms with van der Waals surface area (Å²) in [5, 5.41) is 30.4. The van der Waals surface area contributed by atoms with E-state index < -0.39 is 23.6 Å². The third kappa shape index (κ3) is 7.03. The van der Waals surface area contributed by atoms with Crippen molar-refractivity contribution in [1.29, 1.82) is 0 Å². The molecule has 0 aromatic carbocycles. The van der Waals surface area contributed by atoms with E-state index in [4.69, 9.17) is 4.74 Å². The average Bonchev–Trinajstić information content (AvgIpc) is 3.23. The summed E-state index contributed by atoms with van der Waals surface area (Å²) in [6, 6.07) is 0. The minimum atomic E-state index is -0.797. The van der Waals surface area contributed by atoms with Crippen molar-refractivity contribution in [1.82, 2.24) is 0 Å². The molecule has 31 heavy (non-hydrogen) atoms. The van der Waals surface area contributed by atoms with Crippen LogP contribution in [0.4, 0.5) is 0 Å². The molecule has 2 unspecified atom stereocenters. The molecule has 5 nitrogen and oxygen atoms in total. The van der Waals surface area contributed by atoms with E-state index in [1.54, 1.807) is 21.0 Å². The topological polar surface area (TPSA) is 87.0 Å². The molecule has 0 aliphatic heterocycles. The first-order chi connectivity index (χ1) is 14.5. The molecule has 0 saturated heterocycles. The van der Waals surface area contributed by atoms with Crippen molar-refractivity contribution in [2.45, 2.75) is 84.0 Å². The number of methoxy groups -OCH3 is 1. The molecule has 3 N–H and O–H groups in total. The Hall–Kier alpha value is -1.95. The van der Waals surface area contributed by atoms with Gasteiger partial charge < -0.3 is 20.1 Å². The van der Waals surface area contributed by atoms with Crippen molar-refractivity contribution < 1.29 is 24.9 Å². The summed E-state index contributed by atoms with van der Waals surface area (Å²) in [5.41, 5.74) is 2.62. The number of hydrogen-bond donors (Lipinski definition) is 3. The van der Waals surface area contributed by atoms with Gasteiger partial charge in [0.2, 0.25) is 0 Å². The molecule has 0 aromatic rings. The molecule has 0 bridgehead atoms. The summed E-state index contributed by atoms with van der Waals surface area (Å²) in [6.07, 6.45) is 14.8. The van der Waals surface area contributed by atoms with Crippen molar-refractivity contribution >= 4 is 5.97 Å². The Labute approximate surface area is 186 Å². The first kappa shape index (κ1) is 25.3. The van der Waals surface area contributed by atoms with Gasteiger partial charge in [-0.2, -0.15) is 0 Å². The van der Waals surface area contributed by atoms with E-state index in [2.05, 4.69) is 13.8 Å². The number of aliphatic hydroxyl groups excluding tert-OH is 2. The van der Waals surface area contributed by atoms with Gasteiger partial charge in [-0.25, -0.2) is 0 Å². The number of carbonyl (C=O) groups is 1. The molecule has 0 amide bonds. The Morgan fingerprint density at radius 2 is 1.35 bits per heavy atom. The quantitative estimate of drug-likeness (QED) is 0.411. The number of carboxylic acid groups (broad SMARTS) is 1. The molecule has 0 fully saturated rings. The lowest BCUT2D eigenvalue weighted by molar-refractivity contribution is -0.147. The molecule has 2 rings (SSSR count). The first-order valence-electron chi connectivity index (χ1n) is 11.1. The third-order valence-corrected chi connectivity index (χ3v) is 6.42. The molecule has 2 aliphatic rings. The van der Waals surface area contributed by atoms with Crippen molar-refractivity contribution in [3.05, 3.63) is 58.7 Å². The predicted octanol–water partition coefficient (Wildman–Crippen LogP) is 4.87. The molecule has 0 aromatic heterocycles. The second kappa shape index (κ2) is 10.6. The maximum Gasteiger partial charge on any atom is 0.309 e. The fourth-order valence-corrected chi connectivity index (χ4v) is 3.79. The molecule has 0 heterocycles. The zero-order chi connectivity index (χ0) is 23.2. The number of hydrogen-bond acceptors (Lipinski definition) is 4. The van der Waals surface area contributed by atoms with E-state index in [0.717, 1.165) is 41.6 Å². The zero-order valence-corrected chi connectivity index (χ0v) is 19.5. The monoisotopic (exact) mass is 430 g/mol. The first-order valence-corrected chi connectivity index (χ1v) is 11.1. The van der Waals surface area contributed by atoms with E-state index in [9.17, 15) is 20.1 Å². The number of allylic oxidation sites excluding steroid dienone is 4. The third-order valence-electron chi connectivity index (χ3n) is 6.42. The van der Waals surface area contributed by atoms with Crippen molar-refractivity contribution in [3.8, 4) is 0 Å². The van der Waals surface area contributed by atoms with Crippen LogP contribution in [0.2, 0.25) is 0 Å². The van der Waals surface area contributed by atoms with Crippen LogP contribution >= 0.6 is 0 Å². The lowest BCUT2D eigenvalue weighted by Gasteiger charge is -2.23. The smallest absolute Gasteiger partial charge is 0.309 e. The average molecular weight is 431 g/mol. The largest absolute Gasteiger partial charge is 0.481 e. The molecule has 5 heteroatoms. The Bertz CT molecular complexity index is 808. The molecule has 0 saturated carbocycles. The zero-order valence-electron chi connectivity index (χ0n) is 19.5.